The maximum Gasteiger partial charge on any atom is 0.222 e. The van der Waals surface area contributed by atoms with Gasteiger partial charge in [0.2, 0.25) is 5.88 Å². The third kappa shape index (κ3) is 6.09. The predicted molar refractivity (Wildman–Crippen MR) is 124 cm³/mol. The summed E-state index contributed by atoms with van der Waals surface area (Å²) in [5, 5.41) is 14.9. The van der Waals surface area contributed by atoms with Crippen LogP contribution >= 0.6 is 0 Å². The van der Waals surface area contributed by atoms with E-state index in [1.807, 2.05) is 56.4 Å². The zero-order valence-electron chi connectivity index (χ0n) is 19.1. The summed E-state index contributed by atoms with van der Waals surface area (Å²) in [6, 6.07) is 17.7. The van der Waals surface area contributed by atoms with Gasteiger partial charge in [0.25, 0.3) is 0 Å². The highest BCUT2D eigenvalue weighted by atomic mass is 16.5. The van der Waals surface area contributed by atoms with Gasteiger partial charge in [0.05, 0.1) is 18.8 Å². The average Bonchev–Trinajstić information content (AvgIpc) is 3.03. The SMILES string of the molecule is COc1ccc(Oc2c(CN(CC(C)C)CC(C)O)c(-c3ccccc3)nn2C)cc1. The Balaban J connectivity index is 2.01. The first kappa shape index (κ1) is 22.8. The van der Waals surface area contributed by atoms with Crippen molar-refractivity contribution in [2.75, 3.05) is 20.2 Å². The van der Waals surface area contributed by atoms with Gasteiger partial charge >= 0.3 is 0 Å². The second kappa shape index (κ2) is 10.5. The van der Waals surface area contributed by atoms with Gasteiger partial charge in [0.15, 0.2) is 0 Å². The number of methoxy groups -OCH3 is 1. The lowest BCUT2D eigenvalue weighted by molar-refractivity contribution is 0.114. The third-order valence-corrected chi connectivity index (χ3v) is 4.94. The lowest BCUT2D eigenvalue weighted by Crippen LogP contribution is -2.33. The van der Waals surface area contributed by atoms with Crippen LogP contribution in [-0.4, -0.2) is 46.1 Å². The van der Waals surface area contributed by atoms with Crippen molar-refractivity contribution in [2.24, 2.45) is 13.0 Å². The van der Waals surface area contributed by atoms with E-state index < -0.39 is 6.10 Å². The monoisotopic (exact) mass is 423 g/mol. The molecule has 0 aliphatic carbocycles. The minimum Gasteiger partial charge on any atom is -0.497 e. The molecule has 3 aromatic rings. The molecule has 0 bridgehead atoms. The molecule has 1 N–H and O–H groups in total. The van der Waals surface area contributed by atoms with Crippen molar-refractivity contribution in [1.82, 2.24) is 14.7 Å². The number of aliphatic hydroxyl groups excluding tert-OH is 1. The number of rotatable bonds is 10. The van der Waals surface area contributed by atoms with Gasteiger partial charge in [-0.3, -0.25) is 4.90 Å². The van der Waals surface area contributed by atoms with Gasteiger partial charge < -0.3 is 14.6 Å². The predicted octanol–water partition coefficient (Wildman–Crippen LogP) is 4.73. The molecule has 1 heterocycles. The van der Waals surface area contributed by atoms with Crippen LogP contribution in [0.15, 0.2) is 54.6 Å². The molecule has 1 unspecified atom stereocenters. The number of aromatic nitrogens is 2. The standard InChI is InChI=1S/C25H33N3O3/c1-18(2)15-28(16-19(3)29)17-23-24(20-9-7-6-8-10-20)26-27(4)25(23)31-22-13-11-21(30-5)12-14-22/h6-14,18-19,29H,15-17H2,1-5H3. The van der Waals surface area contributed by atoms with E-state index in [1.54, 1.807) is 11.8 Å². The van der Waals surface area contributed by atoms with Crippen molar-refractivity contribution in [3.05, 3.63) is 60.2 Å². The minimum absolute atomic E-state index is 0.415. The van der Waals surface area contributed by atoms with Crippen molar-refractivity contribution in [3.63, 3.8) is 0 Å². The van der Waals surface area contributed by atoms with Crippen LogP contribution in [0.3, 0.4) is 0 Å². The van der Waals surface area contributed by atoms with Gasteiger partial charge in [-0.15, -0.1) is 0 Å². The molecule has 6 nitrogen and oxygen atoms in total. The second-order valence-corrected chi connectivity index (χ2v) is 8.34. The smallest absolute Gasteiger partial charge is 0.222 e. The molecule has 0 spiro atoms. The van der Waals surface area contributed by atoms with Crippen LogP contribution in [0.25, 0.3) is 11.3 Å². The number of hydrogen-bond acceptors (Lipinski definition) is 5. The molecular weight excluding hydrogens is 390 g/mol. The van der Waals surface area contributed by atoms with E-state index in [2.05, 4.69) is 30.9 Å². The van der Waals surface area contributed by atoms with Gasteiger partial charge in [0.1, 0.15) is 17.2 Å². The highest BCUT2D eigenvalue weighted by Gasteiger charge is 2.23. The van der Waals surface area contributed by atoms with Crippen molar-refractivity contribution < 1.29 is 14.6 Å². The summed E-state index contributed by atoms with van der Waals surface area (Å²) in [4.78, 5) is 2.26. The summed E-state index contributed by atoms with van der Waals surface area (Å²) in [7, 11) is 3.54. The summed E-state index contributed by atoms with van der Waals surface area (Å²) in [6.45, 7) is 8.28. The molecule has 0 radical (unpaired) electrons. The molecule has 0 aliphatic rings. The van der Waals surface area contributed by atoms with E-state index in [-0.39, 0.29) is 0 Å². The molecule has 2 aromatic carbocycles. The Bertz CT molecular complexity index is 940. The molecule has 0 fully saturated rings. The molecule has 0 saturated heterocycles. The highest BCUT2D eigenvalue weighted by molar-refractivity contribution is 5.65. The molecule has 0 saturated carbocycles. The Hall–Kier alpha value is -2.83. The fourth-order valence-electron chi connectivity index (χ4n) is 3.72. The molecule has 3 rings (SSSR count). The van der Waals surface area contributed by atoms with Gasteiger partial charge in [-0.2, -0.15) is 5.10 Å². The van der Waals surface area contributed by atoms with Gasteiger partial charge in [-0.1, -0.05) is 44.2 Å². The van der Waals surface area contributed by atoms with Crippen LogP contribution in [-0.2, 0) is 13.6 Å². The number of aryl methyl sites for hydroxylation is 1. The number of benzene rings is 2. The molecule has 166 valence electrons. The molecule has 1 aromatic heterocycles. The maximum atomic E-state index is 10.1. The van der Waals surface area contributed by atoms with E-state index in [1.165, 1.54) is 0 Å². The molecule has 0 aliphatic heterocycles. The van der Waals surface area contributed by atoms with Crippen molar-refractivity contribution in [1.29, 1.82) is 0 Å². The second-order valence-electron chi connectivity index (χ2n) is 8.34. The quantitative estimate of drug-likeness (QED) is 0.511. The first-order valence-corrected chi connectivity index (χ1v) is 10.7. The largest absolute Gasteiger partial charge is 0.497 e. The van der Waals surface area contributed by atoms with Gasteiger partial charge in [-0.25, -0.2) is 4.68 Å². The van der Waals surface area contributed by atoms with Crippen molar-refractivity contribution in [3.8, 4) is 28.6 Å². The fraction of sp³-hybridized carbons (Fsp3) is 0.400. The van der Waals surface area contributed by atoms with Gasteiger partial charge in [0, 0.05) is 32.2 Å². The van der Waals surface area contributed by atoms with E-state index in [9.17, 15) is 5.11 Å². The Kier molecular flexibility index (Phi) is 7.71. The van der Waals surface area contributed by atoms with Crippen LogP contribution in [0.2, 0.25) is 0 Å². The lowest BCUT2D eigenvalue weighted by atomic mass is 10.1. The van der Waals surface area contributed by atoms with Crippen LogP contribution in [0.1, 0.15) is 26.3 Å². The summed E-state index contributed by atoms with van der Waals surface area (Å²) in [5.74, 6) is 2.67. The summed E-state index contributed by atoms with van der Waals surface area (Å²) in [5.41, 5.74) is 2.94. The number of aliphatic hydroxyl groups is 1. The Morgan fingerprint density at radius 2 is 1.61 bits per heavy atom. The number of hydrogen-bond donors (Lipinski definition) is 1. The first-order chi connectivity index (χ1) is 14.9. The highest BCUT2D eigenvalue weighted by Crippen LogP contribution is 2.34. The molecular formula is C25H33N3O3. The van der Waals surface area contributed by atoms with Crippen LogP contribution in [0.5, 0.6) is 17.4 Å². The zero-order valence-corrected chi connectivity index (χ0v) is 19.1. The van der Waals surface area contributed by atoms with E-state index in [4.69, 9.17) is 14.6 Å². The Labute approximate surface area is 185 Å². The van der Waals surface area contributed by atoms with Crippen molar-refractivity contribution >= 4 is 0 Å². The van der Waals surface area contributed by atoms with E-state index in [0.29, 0.717) is 24.9 Å². The Morgan fingerprint density at radius 1 is 0.968 bits per heavy atom. The molecule has 0 amide bonds. The summed E-state index contributed by atoms with van der Waals surface area (Å²) >= 11 is 0. The normalized spacial score (nSPS) is 12.4. The fourth-order valence-corrected chi connectivity index (χ4v) is 3.72. The minimum atomic E-state index is -0.415. The molecule has 31 heavy (non-hydrogen) atoms. The molecule has 1 atom stereocenters. The third-order valence-electron chi connectivity index (χ3n) is 4.94. The number of ether oxygens (including phenoxy) is 2. The van der Waals surface area contributed by atoms with Crippen LogP contribution < -0.4 is 9.47 Å². The Morgan fingerprint density at radius 3 is 2.19 bits per heavy atom. The van der Waals surface area contributed by atoms with E-state index >= 15 is 0 Å². The van der Waals surface area contributed by atoms with E-state index in [0.717, 1.165) is 34.9 Å². The summed E-state index contributed by atoms with van der Waals surface area (Å²) < 4.78 is 13.3. The first-order valence-electron chi connectivity index (χ1n) is 10.7. The summed E-state index contributed by atoms with van der Waals surface area (Å²) in [6.07, 6.45) is -0.415. The van der Waals surface area contributed by atoms with Gasteiger partial charge in [-0.05, 0) is 37.1 Å². The van der Waals surface area contributed by atoms with Crippen molar-refractivity contribution in [2.45, 2.75) is 33.4 Å². The maximum absolute atomic E-state index is 10.1. The van der Waals surface area contributed by atoms with Crippen LogP contribution in [0.4, 0.5) is 0 Å². The number of nitrogens with zero attached hydrogens (tertiary/aromatic N) is 3. The van der Waals surface area contributed by atoms with Crippen LogP contribution in [0, 0.1) is 5.92 Å². The topological polar surface area (TPSA) is 59.8 Å². The lowest BCUT2D eigenvalue weighted by Gasteiger charge is -2.26. The average molecular weight is 424 g/mol. The molecule has 6 heteroatoms. The zero-order chi connectivity index (χ0) is 22.4.